The fourth-order valence-corrected chi connectivity index (χ4v) is 1.46. The van der Waals surface area contributed by atoms with Gasteiger partial charge in [-0.1, -0.05) is 32.9 Å². The van der Waals surface area contributed by atoms with Gasteiger partial charge in [-0.3, -0.25) is 4.99 Å². The van der Waals surface area contributed by atoms with E-state index in [0.29, 0.717) is 5.96 Å². The maximum Gasteiger partial charge on any atom is 0.195 e. The molecule has 0 radical (unpaired) electrons. The van der Waals surface area contributed by atoms with Crippen LogP contribution in [0.25, 0.3) is 0 Å². The molecule has 0 amide bonds. The molecule has 1 aromatic carbocycles. The molecule has 3 heteroatoms. The minimum absolute atomic E-state index is 0.148. The summed E-state index contributed by atoms with van der Waals surface area (Å²) in [4.78, 5) is 5.86. The molecule has 2 N–H and O–H groups in total. The van der Waals surface area contributed by atoms with E-state index in [-0.39, 0.29) is 5.41 Å². The van der Waals surface area contributed by atoms with E-state index >= 15 is 0 Å². The van der Waals surface area contributed by atoms with Crippen molar-refractivity contribution in [3.8, 4) is 0 Å². The molecule has 0 bridgehead atoms. The second-order valence-corrected chi connectivity index (χ2v) is 4.94. The Morgan fingerprint density at radius 2 is 1.94 bits per heavy atom. The summed E-state index contributed by atoms with van der Waals surface area (Å²) >= 11 is 0. The van der Waals surface area contributed by atoms with Crippen molar-refractivity contribution in [2.75, 3.05) is 19.0 Å². The lowest BCUT2D eigenvalue weighted by Gasteiger charge is -2.23. The summed E-state index contributed by atoms with van der Waals surface area (Å²) < 4.78 is 0. The summed E-state index contributed by atoms with van der Waals surface area (Å²) in [5, 5.41) is 0. The third kappa shape index (κ3) is 2.75. The van der Waals surface area contributed by atoms with Gasteiger partial charge in [0.1, 0.15) is 0 Å². The number of guanidine groups is 1. The zero-order valence-electron chi connectivity index (χ0n) is 10.8. The second-order valence-electron chi connectivity index (χ2n) is 4.94. The van der Waals surface area contributed by atoms with Crippen molar-refractivity contribution in [2.45, 2.75) is 26.2 Å². The number of nitrogens with zero attached hydrogens (tertiary/aromatic N) is 2. The van der Waals surface area contributed by atoms with Crippen LogP contribution in [0, 0.1) is 0 Å². The number of nitrogens with two attached hydrogens (primary N) is 1. The van der Waals surface area contributed by atoms with Gasteiger partial charge < -0.3 is 10.6 Å². The van der Waals surface area contributed by atoms with Crippen LogP contribution in [-0.4, -0.2) is 20.1 Å². The lowest BCUT2D eigenvalue weighted by Crippen LogP contribution is -2.33. The Bertz CT molecular complexity index is 388. The van der Waals surface area contributed by atoms with E-state index in [1.165, 1.54) is 5.56 Å². The Labute approximate surface area is 98.0 Å². The zero-order valence-corrected chi connectivity index (χ0v) is 10.8. The van der Waals surface area contributed by atoms with Gasteiger partial charge in [0, 0.05) is 19.8 Å². The van der Waals surface area contributed by atoms with Crippen molar-refractivity contribution in [3.63, 3.8) is 0 Å². The highest BCUT2D eigenvalue weighted by Crippen LogP contribution is 2.25. The van der Waals surface area contributed by atoms with Gasteiger partial charge in [-0.15, -0.1) is 0 Å². The van der Waals surface area contributed by atoms with Crippen molar-refractivity contribution in [3.05, 3.63) is 29.8 Å². The van der Waals surface area contributed by atoms with Crippen LogP contribution < -0.4 is 10.6 Å². The Kier molecular flexibility index (Phi) is 3.58. The highest BCUT2D eigenvalue weighted by atomic mass is 15.2. The standard InChI is InChI=1S/C13H21N3/c1-13(2,3)10-7-6-8-11(9-10)16(5)12(14)15-4/h6-9H,1-5H3,(H2,14,15). The lowest BCUT2D eigenvalue weighted by molar-refractivity contribution is 0.590. The summed E-state index contributed by atoms with van der Waals surface area (Å²) in [7, 11) is 3.61. The summed E-state index contributed by atoms with van der Waals surface area (Å²) in [5.74, 6) is 0.519. The molecule has 0 atom stereocenters. The molecule has 16 heavy (non-hydrogen) atoms. The first-order valence-corrected chi connectivity index (χ1v) is 5.43. The second kappa shape index (κ2) is 4.56. The van der Waals surface area contributed by atoms with Gasteiger partial charge in [-0.25, -0.2) is 0 Å². The summed E-state index contributed by atoms with van der Waals surface area (Å²) in [6.45, 7) is 6.59. The van der Waals surface area contributed by atoms with E-state index in [4.69, 9.17) is 5.73 Å². The van der Waals surface area contributed by atoms with Crippen molar-refractivity contribution < 1.29 is 0 Å². The van der Waals surface area contributed by atoms with Crippen molar-refractivity contribution in [1.29, 1.82) is 0 Å². The first-order valence-electron chi connectivity index (χ1n) is 5.43. The summed E-state index contributed by atoms with van der Waals surface area (Å²) in [6, 6.07) is 8.37. The van der Waals surface area contributed by atoms with Crippen LogP contribution in [0.5, 0.6) is 0 Å². The Morgan fingerprint density at radius 3 is 2.44 bits per heavy atom. The molecule has 0 saturated carbocycles. The van der Waals surface area contributed by atoms with Gasteiger partial charge >= 0.3 is 0 Å². The van der Waals surface area contributed by atoms with E-state index < -0.39 is 0 Å². The minimum Gasteiger partial charge on any atom is -0.370 e. The number of benzene rings is 1. The number of hydrogen-bond acceptors (Lipinski definition) is 1. The molecule has 0 aromatic heterocycles. The molecule has 0 aliphatic heterocycles. The largest absolute Gasteiger partial charge is 0.370 e. The van der Waals surface area contributed by atoms with Gasteiger partial charge in [0.15, 0.2) is 5.96 Å². The molecular formula is C13H21N3. The molecule has 0 heterocycles. The van der Waals surface area contributed by atoms with Gasteiger partial charge in [0.2, 0.25) is 0 Å². The molecule has 0 fully saturated rings. The maximum atomic E-state index is 5.78. The van der Waals surface area contributed by atoms with Crippen LogP contribution in [0.15, 0.2) is 29.3 Å². The average Bonchev–Trinajstić information content (AvgIpc) is 2.26. The number of aliphatic imine (C=N–C) groups is 1. The van der Waals surface area contributed by atoms with Gasteiger partial charge in [0.05, 0.1) is 0 Å². The first kappa shape index (κ1) is 12.6. The van der Waals surface area contributed by atoms with Crippen LogP contribution in [0.1, 0.15) is 26.3 Å². The van der Waals surface area contributed by atoms with Crippen LogP contribution in [0.2, 0.25) is 0 Å². The minimum atomic E-state index is 0.148. The number of rotatable bonds is 1. The Hall–Kier alpha value is -1.51. The van der Waals surface area contributed by atoms with Gasteiger partial charge in [-0.05, 0) is 23.1 Å². The smallest absolute Gasteiger partial charge is 0.195 e. The topological polar surface area (TPSA) is 41.6 Å². The number of anilines is 1. The van der Waals surface area contributed by atoms with E-state index in [2.05, 4.69) is 44.0 Å². The zero-order chi connectivity index (χ0) is 12.3. The third-order valence-electron chi connectivity index (χ3n) is 2.67. The third-order valence-corrected chi connectivity index (χ3v) is 2.67. The Morgan fingerprint density at radius 1 is 1.31 bits per heavy atom. The lowest BCUT2D eigenvalue weighted by atomic mass is 9.87. The van der Waals surface area contributed by atoms with Crippen LogP contribution >= 0.6 is 0 Å². The molecular weight excluding hydrogens is 198 g/mol. The van der Waals surface area contributed by atoms with E-state index in [1.807, 2.05) is 18.0 Å². The monoisotopic (exact) mass is 219 g/mol. The fourth-order valence-electron chi connectivity index (χ4n) is 1.46. The first-order chi connectivity index (χ1) is 7.36. The molecule has 0 aliphatic carbocycles. The molecule has 88 valence electrons. The molecule has 0 unspecified atom stereocenters. The molecule has 3 nitrogen and oxygen atoms in total. The van der Waals surface area contributed by atoms with Crippen molar-refractivity contribution >= 4 is 11.6 Å². The Balaban J connectivity index is 3.09. The van der Waals surface area contributed by atoms with Crippen LogP contribution in [0.4, 0.5) is 5.69 Å². The molecule has 0 aliphatic rings. The number of hydrogen-bond donors (Lipinski definition) is 1. The van der Waals surface area contributed by atoms with Gasteiger partial charge in [-0.2, -0.15) is 0 Å². The van der Waals surface area contributed by atoms with Crippen molar-refractivity contribution in [2.24, 2.45) is 10.7 Å². The summed E-state index contributed by atoms with van der Waals surface area (Å²) in [6.07, 6.45) is 0. The van der Waals surface area contributed by atoms with E-state index in [1.54, 1.807) is 7.05 Å². The predicted molar refractivity (Wildman–Crippen MR) is 71.1 cm³/mol. The SMILES string of the molecule is CN=C(N)N(C)c1cccc(C(C)(C)C)c1. The molecule has 1 rings (SSSR count). The van der Waals surface area contributed by atoms with Crippen LogP contribution in [0.3, 0.4) is 0 Å². The van der Waals surface area contributed by atoms with Gasteiger partial charge in [0.25, 0.3) is 0 Å². The van der Waals surface area contributed by atoms with E-state index in [0.717, 1.165) is 5.69 Å². The fraction of sp³-hybridized carbons (Fsp3) is 0.462. The van der Waals surface area contributed by atoms with Crippen molar-refractivity contribution in [1.82, 2.24) is 0 Å². The highest BCUT2D eigenvalue weighted by molar-refractivity contribution is 5.94. The normalized spacial score (nSPS) is 12.7. The summed E-state index contributed by atoms with van der Waals surface area (Å²) in [5.41, 5.74) is 8.29. The quantitative estimate of drug-likeness (QED) is 0.582. The molecule has 0 spiro atoms. The van der Waals surface area contributed by atoms with E-state index in [9.17, 15) is 0 Å². The average molecular weight is 219 g/mol. The predicted octanol–water partition coefficient (Wildman–Crippen LogP) is 2.36. The maximum absolute atomic E-state index is 5.78. The van der Waals surface area contributed by atoms with Crippen LogP contribution in [-0.2, 0) is 5.41 Å². The highest BCUT2D eigenvalue weighted by Gasteiger charge is 2.14. The molecule has 0 saturated heterocycles. The molecule has 1 aromatic rings.